The average Bonchev–Trinajstić information content (AvgIpc) is 2.54. The van der Waals surface area contributed by atoms with Crippen molar-refractivity contribution in [2.45, 2.75) is 25.9 Å². The summed E-state index contributed by atoms with van der Waals surface area (Å²) >= 11 is 0. The van der Waals surface area contributed by atoms with E-state index < -0.39 is 0 Å². The molecule has 0 bridgehead atoms. The van der Waals surface area contributed by atoms with Gasteiger partial charge in [-0.3, -0.25) is 9.69 Å². The Morgan fingerprint density at radius 1 is 1.47 bits per heavy atom. The lowest BCUT2D eigenvalue weighted by Gasteiger charge is -2.23. The summed E-state index contributed by atoms with van der Waals surface area (Å²) in [5.74, 6) is 0.146. The van der Waals surface area contributed by atoms with E-state index in [4.69, 9.17) is 0 Å². The highest BCUT2D eigenvalue weighted by Crippen LogP contribution is 1.99. The molecule has 0 aromatic carbocycles. The normalized spacial score (nSPS) is 19.7. The number of carbonyl (C=O) groups is 1. The monoisotopic (exact) mass is 243 g/mol. The van der Waals surface area contributed by atoms with Crippen molar-refractivity contribution in [3.63, 3.8) is 0 Å². The van der Waals surface area contributed by atoms with E-state index in [0.717, 1.165) is 32.6 Å². The van der Waals surface area contributed by atoms with E-state index in [2.05, 4.69) is 10.2 Å². The Morgan fingerprint density at radius 3 is 2.94 bits per heavy atom. The molecule has 0 saturated carbocycles. The highest BCUT2D eigenvalue weighted by atomic mass is 16.3. The van der Waals surface area contributed by atoms with Gasteiger partial charge in [0.05, 0.1) is 12.6 Å². The zero-order valence-corrected chi connectivity index (χ0v) is 11.0. The summed E-state index contributed by atoms with van der Waals surface area (Å²) in [6.07, 6.45) is 1.40. The van der Waals surface area contributed by atoms with Gasteiger partial charge in [0.1, 0.15) is 0 Å². The first kappa shape index (κ1) is 14.4. The maximum atomic E-state index is 11.9. The van der Waals surface area contributed by atoms with Crippen LogP contribution in [0.4, 0.5) is 0 Å². The summed E-state index contributed by atoms with van der Waals surface area (Å²) in [5.41, 5.74) is 0. The van der Waals surface area contributed by atoms with Gasteiger partial charge >= 0.3 is 0 Å². The van der Waals surface area contributed by atoms with Crippen molar-refractivity contribution < 1.29 is 9.90 Å². The minimum absolute atomic E-state index is 0.146. The van der Waals surface area contributed by atoms with Crippen molar-refractivity contribution in [1.82, 2.24) is 15.1 Å². The van der Waals surface area contributed by atoms with Crippen LogP contribution in [0.3, 0.4) is 0 Å². The Labute approximate surface area is 104 Å². The molecular formula is C12H25N3O2. The van der Waals surface area contributed by atoms with Crippen LogP contribution in [0, 0.1) is 0 Å². The molecule has 5 nitrogen and oxygen atoms in total. The van der Waals surface area contributed by atoms with E-state index in [9.17, 15) is 9.90 Å². The van der Waals surface area contributed by atoms with Gasteiger partial charge in [0, 0.05) is 26.7 Å². The summed E-state index contributed by atoms with van der Waals surface area (Å²) in [7, 11) is 1.81. The number of amides is 1. The predicted octanol–water partition coefficient (Wildman–Crippen LogP) is -0.489. The third kappa shape index (κ3) is 6.00. The number of likely N-dealkylation sites (N-methyl/N-ethyl adjacent to an activating group) is 1. The van der Waals surface area contributed by atoms with Gasteiger partial charge in [0.2, 0.25) is 5.91 Å². The van der Waals surface area contributed by atoms with Crippen LogP contribution in [0.2, 0.25) is 0 Å². The largest absolute Gasteiger partial charge is 0.393 e. The minimum atomic E-state index is -0.340. The lowest BCUT2D eigenvalue weighted by Crippen LogP contribution is -2.40. The van der Waals surface area contributed by atoms with Crippen LogP contribution in [0.5, 0.6) is 0 Å². The molecule has 1 fully saturated rings. The van der Waals surface area contributed by atoms with Crippen molar-refractivity contribution in [2.75, 3.05) is 46.3 Å². The second-order valence-corrected chi connectivity index (χ2v) is 4.83. The third-order valence-corrected chi connectivity index (χ3v) is 3.10. The first-order valence-electron chi connectivity index (χ1n) is 6.44. The molecule has 0 radical (unpaired) electrons. The maximum absolute atomic E-state index is 11.9. The van der Waals surface area contributed by atoms with Gasteiger partial charge in [-0.15, -0.1) is 0 Å². The second-order valence-electron chi connectivity index (χ2n) is 4.83. The number of carbonyl (C=O) groups excluding carboxylic acids is 1. The standard InChI is InChI=1S/C12H25N3O2/c1-11(16)4-8-14(2)12(17)10-15-7-3-5-13-6-9-15/h11,13,16H,3-10H2,1-2H3. The topological polar surface area (TPSA) is 55.8 Å². The van der Waals surface area contributed by atoms with Gasteiger partial charge in [0.25, 0.3) is 0 Å². The molecule has 1 aliphatic rings. The minimum Gasteiger partial charge on any atom is -0.393 e. The Balaban J connectivity index is 2.26. The Morgan fingerprint density at radius 2 is 2.24 bits per heavy atom. The Hall–Kier alpha value is -0.650. The number of aliphatic hydroxyl groups excluding tert-OH is 1. The van der Waals surface area contributed by atoms with Crippen molar-refractivity contribution in [1.29, 1.82) is 0 Å². The van der Waals surface area contributed by atoms with E-state index >= 15 is 0 Å². The number of rotatable bonds is 5. The molecule has 0 aromatic heterocycles. The maximum Gasteiger partial charge on any atom is 0.236 e. The van der Waals surface area contributed by atoms with Crippen LogP contribution in [0.1, 0.15) is 19.8 Å². The summed E-state index contributed by atoms with van der Waals surface area (Å²) in [6, 6.07) is 0. The lowest BCUT2D eigenvalue weighted by atomic mass is 10.2. The number of hydrogen-bond acceptors (Lipinski definition) is 4. The molecule has 2 N–H and O–H groups in total. The van der Waals surface area contributed by atoms with E-state index in [1.54, 1.807) is 18.9 Å². The molecule has 1 atom stereocenters. The second kappa shape index (κ2) is 7.63. The molecule has 17 heavy (non-hydrogen) atoms. The van der Waals surface area contributed by atoms with Crippen LogP contribution in [0.15, 0.2) is 0 Å². The van der Waals surface area contributed by atoms with Crippen molar-refractivity contribution in [3.05, 3.63) is 0 Å². The fraction of sp³-hybridized carbons (Fsp3) is 0.917. The van der Waals surface area contributed by atoms with Gasteiger partial charge in [0.15, 0.2) is 0 Å². The molecule has 0 aliphatic carbocycles. The molecule has 100 valence electrons. The van der Waals surface area contributed by atoms with E-state index in [0.29, 0.717) is 19.5 Å². The van der Waals surface area contributed by atoms with E-state index in [1.807, 2.05) is 0 Å². The first-order chi connectivity index (χ1) is 8.09. The number of hydrogen-bond donors (Lipinski definition) is 2. The first-order valence-corrected chi connectivity index (χ1v) is 6.44. The fourth-order valence-electron chi connectivity index (χ4n) is 1.88. The molecule has 1 saturated heterocycles. The fourth-order valence-corrected chi connectivity index (χ4v) is 1.88. The van der Waals surface area contributed by atoms with Crippen molar-refractivity contribution in [3.8, 4) is 0 Å². The lowest BCUT2D eigenvalue weighted by molar-refractivity contribution is -0.131. The molecule has 1 heterocycles. The highest BCUT2D eigenvalue weighted by molar-refractivity contribution is 5.77. The summed E-state index contributed by atoms with van der Waals surface area (Å²) in [6.45, 7) is 6.81. The average molecular weight is 243 g/mol. The quantitative estimate of drug-likeness (QED) is 0.684. The third-order valence-electron chi connectivity index (χ3n) is 3.10. The van der Waals surface area contributed by atoms with Crippen LogP contribution in [-0.2, 0) is 4.79 Å². The SMILES string of the molecule is CC(O)CCN(C)C(=O)CN1CCCNCC1. The van der Waals surface area contributed by atoms with Gasteiger partial charge in [-0.1, -0.05) is 0 Å². The van der Waals surface area contributed by atoms with Crippen LogP contribution < -0.4 is 5.32 Å². The number of nitrogens with zero attached hydrogens (tertiary/aromatic N) is 2. The molecule has 1 unspecified atom stereocenters. The Kier molecular flexibility index (Phi) is 6.47. The molecule has 0 aromatic rings. The van der Waals surface area contributed by atoms with Gasteiger partial charge < -0.3 is 15.3 Å². The predicted molar refractivity (Wildman–Crippen MR) is 67.9 cm³/mol. The molecule has 1 rings (SSSR count). The van der Waals surface area contributed by atoms with Crippen LogP contribution in [-0.4, -0.2) is 73.2 Å². The number of aliphatic hydroxyl groups is 1. The van der Waals surface area contributed by atoms with Crippen molar-refractivity contribution >= 4 is 5.91 Å². The van der Waals surface area contributed by atoms with Gasteiger partial charge in [-0.05, 0) is 32.9 Å². The molecule has 0 spiro atoms. The van der Waals surface area contributed by atoms with Gasteiger partial charge in [-0.25, -0.2) is 0 Å². The zero-order chi connectivity index (χ0) is 12.7. The zero-order valence-electron chi connectivity index (χ0n) is 11.0. The van der Waals surface area contributed by atoms with E-state index in [-0.39, 0.29) is 12.0 Å². The smallest absolute Gasteiger partial charge is 0.236 e. The summed E-state index contributed by atoms with van der Waals surface area (Å²) < 4.78 is 0. The summed E-state index contributed by atoms with van der Waals surface area (Å²) in [5, 5.41) is 12.5. The Bertz CT molecular complexity index is 226. The van der Waals surface area contributed by atoms with Crippen LogP contribution >= 0.6 is 0 Å². The molecule has 1 aliphatic heterocycles. The molecule has 1 amide bonds. The van der Waals surface area contributed by atoms with Gasteiger partial charge in [-0.2, -0.15) is 0 Å². The molecular weight excluding hydrogens is 218 g/mol. The van der Waals surface area contributed by atoms with Crippen LogP contribution in [0.25, 0.3) is 0 Å². The highest BCUT2D eigenvalue weighted by Gasteiger charge is 2.15. The number of nitrogens with one attached hydrogen (secondary N) is 1. The summed E-state index contributed by atoms with van der Waals surface area (Å²) in [4.78, 5) is 15.8. The molecule has 5 heteroatoms. The van der Waals surface area contributed by atoms with Crippen molar-refractivity contribution in [2.24, 2.45) is 0 Å². The van der Waals surface area contributed by atoms with E-state index in [1.165, 1.54) is 0 Å².